The molecule has 2 heterocycles. The third kappa shape index (κ3) is 3.32. The molecule has 22 heavy (non-hydrogen) atoms. The predicted molar refractivity (Wildman–Crippen MR) is 84.8 cm³/mol. The number of piperidine rings is 1. The Bertz CT molecular complexity index is 616. The van der Waals surface area contributed by atoms with Gasteiger partial charge in [-0.2, -0.15) is 10.1 Å². The van der Waals surface area contributed by atoms with E-state index < -0.39 is 0 Å². The number of hydrogen-bond donors (Lipinski definition) is 1. The normalized spacial score (nSPS) is 18.3. The lowest BCUT2D eigenvalue weighted by Gasteiger charge is -2.35. The SMILES string of the molecule is CCC1CCCCN1c1cnnc(Nc2ccc(F)cc2)n1. The first kappa shape index (κ1) is 14.7. The number of benzene rings is 1. The molecule has 0 aliphatic carbocycles. The highest BCUT2D eigenvalue weighted by Gasteiger charge is 2.22. The van der Waals surface area contributed by atoms with E-state index in [0.717, 1.165) is 24.5 Å². The maximum absolute atomic E-state index is 12.9. The Morgan fingerprint density at radius 2 is 2.09 bits per heavy atom. The van der Waals surface area contributed by atoms with Crippen LogP contribution in [0.3, 0.4) is 0 Å². The van der Waals surface area contributed by atoms with Crippen LogP contribution in [0.25, 0.3) is 0 Å². The maximum Gasteiger partial charge on any atom is 0.249 e. The van der Waals surface area contributed by atoms with Gasteiger partial charge in [-0.05, 0) is 49.9 Å². The van der Waals surface area contributed by atoms with E-state index in [-0.39, 0.29) is 5.82 Å². The van der Waals surface area contributed by atoms with E-state index in [2.05, 4.69) is 32.3 Å². The lowest BCUT2D eigenvalue weighted by Crippen LogP contribution is -2.39. The number of nitrogens with one attached hydrogen (secondary N) is 1. The molecule has 0 bridgehead atoms. The predicted octanol–water partition coefficient (Wildman–Crippen LogP) is 3.52. The molecule has 1 fully saturated rings. The molecule has 0 amide bonds. The van der Waals surface area contributed by atoms with Gasteiger partial charge in [-0.3, -0.25) is 0 Å². The summed E-state index contributed by atoms with van der Waals surface area (Å²) in [5.74, 6) is 1.02. The molecule has 6 heteroatoms. The Morgan fingerprint density at radius 1 is 1.27 bits per heavy atom. The highest BCUT2D eigenvalue weighted by Crippen LogP contribution is 2.25. The average molecular weight is 301 g/mol. The van der Waals surface area contributed by atoms with Gasteiger partial charge in [0.1, 0.15) is 5.82 Å². The molecule has 1 aliphatic heterocycles. The van der Waals surface area contributed by atoms with Crippen LogP contribution >= 0.6 is 0 Å². The van der Waals surface area contributed by atoms with Crippen molar-refractivity contribution in [2.24, 2.45) is 0 Å². The number of aromatic nitrogens is 3. The van der Waals surface area contributed by atoms with Crippen LogP contribution in [0.5, 0.6) is 0 Å². The van der Waals surface area contributed by atoms with Crippen molar-refractivity contribution in [2.75, 3.05) is 16.8 Å². The third-order valence-electron chi connectivity index (χ3n) is 4.04. The van der Waals surface area contributed by atoms with Crippen molar-refractivity contribution in [2.45, 2.75) is 38.6 Å². The molecular formula is C16H20FN5. The molecule has 1 aliphatic rings. The van der Waals surface area contributed by atoms with E-state index in [4.69, 9.17) is 0 Å². The number of anilines is 3. The number of rotatable bonds is 4. The summed E-state index contributed by atoms with van der Waals surface area (Å²) in [4.78, 5) is 6.87. The summed E-state index contributed by atoms with van der Waals surface area (Å²) < 4.78 is 12.9. The van der Waals surface area contributed by atoms with Crippen molar-refractivity contribution < 1.29 is 4.39 Å². The van der Waals surface area contributed by atoms with Crippen molar-refractivity contribution in [1.82, 2.24) is 15.2 Å². The van der Waals surface area contributed by atoms with E-state index in [9.17, 15) is 4.39 Å². The minimum atomic E-state index is -0.266. The zero-order chi connectivity index (χ0) is 15.4. The molecular weight excluding hydrogens is 281 g/mol. The van der Waals surface area contributed by atoms with Gasteiger partial charge < -0.3 is 10.2 Å². The Balaban J connectivity index is 1.78. The summed E-state index contributed by atoms with van der Waals surface area (Å²) >= 11 is 0. The fraction of sp³-hybridized carbons (Fsp3) is 0.438. The Labute approximate surface area is 129 Å². The smallest absolute Gasteiger partial charge is 0.249 e. The quantitative estimate of drug-likeness (QED) is 0.936. The van der Waals surface area contributed by atoms with Gasteiger partial charge in [0, 0.05) is 18.3 Å². The number of halogens is 1. The van der Waals surface area contributed by atoms with E-state index in [1.54, 1.807) is 18.3 Å². The van der Waals surface area contributed by atoms with Gasteiger partial charge in [-0.15, -0.1) is 5.10 Å². The van der Waals surface area contributed by atoms with Gasteiger partial charge in [0.15, 0.2) is 5.82 Å². The molecule has 1 N–H and O–H groups in total. The van der Waals surface area contributed by atoms with Crippen LogP contribution in [0.2, 0.25) is 0 Å². The van der Waals surface area contributed by atoms with Crippen LogP contribution in [0, 0.1) is 5.82 Å². The molecule has 0 spiro atoms. The summed E-state index contributed by atoms with van der Waals surface area (Å²) in [6.07, 6.45) is 6.46. The van der Waals surface area contributed by atoms with E-state index in [0.29, 0.717) is 12.0 Å². The van der Waals surface area contributed by atoms with Crippen LogP contribution in [0.4, 0.5) is 21.8 Å². The molecule has 1 atom stereocenters. The van der Waals surface area contributed by atoms with Crippen LogP contribution in [-0.4, -0.2) is 27.8 Å². The van der Waals surface area contributed by atoms with E-state index in [1.165, 1.54) is 31.4 Å². The van der Waals surface area contributed by atoms with E-state index in [1.807, 2.05) is 0 Å². The topological polar surface area (TPSA) is 53.9 Å². The van der Waals surface area contributed by atoms with Gasteiger partial charge in [0.05, 0.1) is 6.20 Å². The van der Waals surface area contributed by atoms with Crippen LogP contribution in [0.1, 0.15) is 32.6 Å². The standard InChI is InChI=1S/C16H20FN5/c1-2-14-5-3-4-10-22(14)15-11-18-21-16(20-15)19-13-8-6-12(17)7-9-13/h6-9,11,14H,2-5,10H2,1H3,(H,19,20,21). The second-order valence-electron chi connectivity index (χ2n) is 5.52. The van der Waals surface area contributed by atoms with Crippen molar-refractivity contribution in [3.63, 3.8) is 0 Å². The van der Waals surface area contributed by atoms with Crippen molar-refractivity contribution >= 4 is 17.5 Å². The molecule has 1 saturated heterocycles. The monoisotopic (exact) mass is 301 g/mol. The molecule has 2 aromatic rings. The second-order valence-corrected chi connectivity index (χ2v) is 5.52. The first-order valence-electron chi connectivity index (χ1n) is 7.75. The molecule has 3 rings (SSSR count). The lowest BCUT2D eigenvalue weighted by molar-refractivity contribution is 0.446. The maximum atomic E-state index is 12.9. The highest BCUT2D eigenvalue weighted by molar-refractivity contribution is 5.54. The minimum Gasteiger partial charge on any atom is -0.352 e. The van der Waals surface area contributed by atoms with Gasteiger partial charge in [0.2, 0.25) is 5.95 Å². The van der Waals surface area contributed by atoms with E-state index >= 15 is 0 Å². The molecule has 116 valence electrons. The lowest BCUT2D eigenvalue weighted by atomic mass is 10.0. The zero-order valence-corrected chi connectivity index (χ0v) is 12.7. The molecule has 0 radical (unpaired) electrons. The first-order chi connectivity index (χ1) is 10.8. The van der Waals surface area contributed by atoms with Crippen molar-refractivity contribution in [3.05, 3.63) is 36.3 Å². The summed E-state index contributed by atoms with van der Waals surface area (Å²) in [6, 6.07) is 6.63. The minimum absolute atomic E-state index is 0.266. The molecule has 0 saturated carbocycles. The summed E-state index contributed by atoms with van der Waals surface area (Å²) in [5, 5.41) is 11.1. The van der Waals surface area contributed by atoms with Crippen LogP contribution in [0.15, 0.2) is 30.5 Å². The number of nitrogens with zero attached hydrogens (tertiary/aromatic N) is 4. The Kier molecular flexibility index (Phi) is 4.46. The van der Waals surface area contributed by atoms with Crippen molar-refractivity contribution in [1.29, 1.82) is 0 Å². The summed E-state index contributed by atoms with van der Waals surface area (Å²) in [6.45, 7) is 3.21. The highest BCUT2D eigenvalue weighted by atomic mass is 19.1. The Morgan fingerprint density at radius 3 is 2.86 bits per heavy atom. The largest absolute Gasteiger partial charge is 0.352 e. The van der Waals surface area contributed by atoms with Gasteiger partial charge in [-0.25, -0.2) is 4.39 Å². The molecule has 1 aromatic carbocycles. The van der Waals surface area contributed by atoms with Crippen LogP contribution < -0.4 is 10.2 Å². The van der Waals surface area contributed by atoms with Gasteiger partial charge in [-0.1, -0.05) is 6.92 Å². The van der Waals surface area contributed by atoms with Gasteiger partial charge >= 0.3 is 0 Å². The van der Waals surface area contributed by atoms with Gasteiger partial charge in [0.25, 0.3) is 0 Å². The third-order valence-corrected chi connectivity index (χ3v) is 4.04. The fourth-order valence-electron chi connectivity index (χ4n) is 2.88. The number of hydrogen-bond acceptors (Lipinski definition) is 5. The fourth-order valence-corrected chi connectivity index (χ4v) is 2.88. The van der Waals surface area contributed by atoms with Crippen molar-refractivity contribution in [3.8, 4) is 0 Å². The molecule has 1 unspecified atom stereocenters. The molecule has 5 nitrogen and oxygen atoms in total. The first-order valence-corrected chi connectivity index (χ1v) is 7.75. The average Bonchev–Trinajstić information content (AvgIpc) is 2.57. The van der Waals surface area contributed by atoms with Crippen LogP contribution in [-0.2, 0) is 0 Å². The Hall–Kier alpha value is -2.24. The second kappa shape index (κ2) is 6.68. The molecule has 1 aromatic heterocycles. The zero-order valence-electron chi connectivity index (χ0n) is 12.7. The summed E-state index contributed by atoms with van der Waals surface area (Å²) in [5.41, 5.74) is 0.742. The summed E-state index contributed by atoms with van der Waals surface area (Å²) in [7, 11) is 0.